The summed E-state index contributed by atoms with van der Waals surface area (Å²) in [6.45, 7) is 10.6. The summed E-state index contributed by atoms with van der Waals surface area (Å²) in [5, 5.41) is 0. The van der Waals surface area contributed by atoms with Crippen LogP contribution in [0.15, 0.2) is 23.5 Å². The number of cyclic esters (lactones) is 1. The molecule has 0 spiro atoms. The molecule has 4 aliphatic rings. The molecule has 4 nitrogen and oxygen atoms in total. The van der Waals surface area contributed by atoms with Gasteiger partial charge in [-0.15, -0.1) is 0 Å². The maximum absolute atomic E-state index is 13.1. The van der Waals surface area contributed by atoms with Crippen LogP contribution in [-0.4, -0.2) is 23.5 Å². The molecule has 4 rings (SSSR count). The molecule has 0 aromatic carbocycles. The van der Waals surface area contributed by atoms with Gasteiger partial charge in [0.15, 0.2) is 5.78 Å². The molecule has 0 bridgehead atoms. The monoisotopic (exact) mass is 344 g/mol. The molecule has 0 unspecified atom stereocenters. The van der Waals surface area contributed by atoms with Crippen molar-refractivity contribution in [2.24, 2.45) is 22.7 Å². The minimum Gasteiger partial charge on any atom is -0.491 e. The quantitative estimate of drug-likeness (QED) is 0.624. The number of hydrogen-bond donors (Lipinski definition) is 0. The third kappa shape index (κ3) is 2.18. The lowest BCUT2D eigenvalue weighted by Crippen LogP contribution is -2.62. The van der Waals surface area contributed by atoms with Crippen LogP contribution in [0.3, 0.4) is 0 Å². The third-order valence-electron chi connectivity index (χ3n) is 7.34. The second-order valence-electron chi connectivity index (χ2n) is 9.39. The predicted molar refractivity (Wildman–Crippen MR) is 93.6 cm³/mol. The third-order valence-corrected chi connectivity index (χ3v) is 7.34. The van der Waals surface area contributed by atoms with Crippen molar-refractivity contribution < 1.29 is 19.1 Å². The fourth-order valence-electron chi connectivity index (χ4n) is 5.99. The molecule has 25 heavy (non-hydrogen) atoms. The van der Waals surface area contributed by atoms with Gasteiger partial charge >= 0.3 is 5.97 Å². The minimum absolute atomic E-state index is 0.00446. The highest BCUT2D eigenvalue weighted by Gasteiger charge is 2.63. The molecule has 2 heterocycles. The summed E-state index contributed by atoms with van der Waals surface area (Å²) < 4.78 is 11.9. The lowest BCUT2D eigenvalue weighted by Gasteiger charge is -2.61. The Hall–Kier alpha value is -1.58. The number of ketones is 1. The van der Waals surface area contributed by atoms with E-state index >= 15 is 0 Å². The first-order chi connectivity index (χ1) is 11.6. The van der Waals surface area contributed by atoms with E-state index in [2.05, 4.69) is 33.8 Å². The van der Waals surface area contributed by atoms with Gasteiger partial charge in [0.1, 0.15) is 17.5 Å². The Morgan fingerprint density at radius 1 is 1.08 bits per heavy atom. The average Bonchev–Trinajstić information content (AvgIpc) is 2.49. The van der Waals surface area contributed by atoms with Crippen molar-refractivity contribution >= 4 is 11.8 Å². The molecule has 1 fully saturated rings. The highest BCUT2D eigenvalue weighted by Crippen LogP contribution is 2.63. The van der Waals surface area contributed by atoms with Crippen LogP contribution < -0.4 is 0 Å². The molecule has 4 heteroatoms. The summed E-state index contributed by atoms with van der Waals surface area (Å²) in [6, 6.07) is 0. The molecule has 0 aromatic heterocycles. The molecule has 0 amide bonds. The van der Waals surface area contributed by atoms with Gasteiger partial charge in [-0.3, -0.25) is 4.79 Å². The number of allylic oxidation sites excluding steroid dienone is 2. The van der Waals surface area contributed by atoms with Crippen LogP contribution in [0, 0.1) is 22.7 Å². The van der Waals surface area contributed by atoms with E-state index in [4.69, 9.17) is 9.47 Å². The zero-order valence-corrected chi connectivity index (χ0v) is 15.8. The maximum Gasteiger partial charge on any atom is 0.337 e. The lowest BCUT2D eigenvalue weighted by atomic mass is 9.45. The molecule has 1 saturated carbocycles. The van der Waals surface area contributed by atoms with Crippen molar-refractivity contribution in [3.63, 3.8) is 0 Å². The van der Waals surface area contributed by atoms with E-state index in [-0.39, 0.29) is 35.1 Å². The average molecular weight is 344 g/mol. The molecule has 2 aliphatic heterocycles. The van der Waals surface area contributed by atoms with Crippen molar-refractivity contribution in [1.29, 1.82) is 0 Å². The maximum atomic E-state index is 13.1. The number of carbonyl (C=O) groups excluding carboxylic acids is 2. The van der Waals surface area contributed by atoms with Crippen LogP contribution >= 0.6 is 0 Å². The first-order valence-corrected chi connectivity index (χ1v) is 9.43. The van der Waals surface area contributed by atoms with Gasteiger partial charge in [-0.25, -0.2) is 4.79 Å². The summed E-state index contributed by atoms with van der Waals surface area (Å²) in [6.07, 6.45) is 6.79. The molecular weight excluding hydrogens is 316 g/mol. The molecule has 136 valence electrons. The normalized spacial score (nSPS) is 45.1. The summed E-state index contributed by atoms with van der Waals surface area (Å²) in [5.41, 5.74) is -0.270. The van der Waals surface area contributed by atoms with Crippen LogP contribution in [0.2, 0.25) is 0 Å². The van der Waals surface area contributed by atoms with Crippen molar-refractivity contribution in [1.82, 2.24) is 0 Å². The smallest absolute Gasteiger partial charge is 0.337 e. The molecule has 2 aliphatic carbocycles. The summed E-state index contributed by atoms with van der Waals surface area (Å²) >= 11 is 0. The Morgan fingerprint density at radius 3 is 2.52 bits per heavy atom. The highest BCUT2D eigenvalue weighted by atomic mass is 16.6. The molecule has 0 radical (unpaired) electrons. The Kier molecular flexibility index (Phi) is 3.36. The standard InChI is InChI=1S/C21H28O4/c1-12-10-14-13(18(23)24-12)11-16-20(4,25-14)9-6-15-19(2,3)8-7-17(22)21(15,16)5/h7-8,12,15-16H,6,9-11H2,1-5H3/t12-,15-,16-,20-,21-/m0/s1. The van der Waals surface area contributed by atoms with E-state index in [1.165, 1.54) is 0 Å². The van der Waals surface area contributed by atoms with Gasteiger partial charge < -0.3 is 9.47 Å². The van der Waals surface area contributed by atoms with Crippen LogP contribution in [0.4, 0.5) is 0 Å². The molecule has 0 N–H and O–H groups in total. The number of rotatable bonds is 0. The Labute approximate surface area is 149 Å². The van der Waals surface area contributed by atoms with Gasteiger partial charge in [0.05, 0.1) is 5.57 Å². The van der Waals surface area contributed by atoms with Crippen molar-refractivity contribution in [3.8, 4) is 0 Å². The highest BCUT2D eigenvalue weighted by molar-refractivity contribution is 5.97. The molecular formula is C21H28O4. The summed E-state index contributed by atoms with van der Waals surface area (Å²) in [5.74, 6) is 0.968. The van der Waals surface area contributed by atoms with Crippen molar-refractivity contribution in [2.45, 2.75) is 72.0 Å². The van der Waals surface area contributed by atoms with Gasteiger partial charge in [0, 0.05) is 17.8 Å². The minimum atomic E-state index is -0.507. The van der Waals surface area contributed by atoms with Crippen LogP contribution in [0.25, 0.3) is 0 Å². The molecule has 5 atom stereocenters. The summed E-state index contributed by atoms with van der Waals surface area (Å²) in [4.78, 5) is 25.5. The van der Waals surface area contributed by atoms with E-state index in [0.717, 1.165) is 18.6 Å². The molecule has 0 saturated heterocycles. The fourth-order valence-corrected chi connectivity index (χ4v) is 5.99. The first kappa shape index (κ1) is 16.9. The second-order valence-corrected chi connectivity index (χ2v) is 9.39. The van der Waals surface area contributed by atoms with Crippen LogP contribution in [-0.2, 0) is 19.1 Å². The summed E-state index contributed by atoms with van der Waals surface area (Å²) in [7, 11) is 0. The Morgan fingerprint density at radius 2 is 1.80 bits per heavy atom. The largest absolute Gasteiger partial charge is 0.491 e. The van der Waals surface area contributed by atoms with E-state index in [9.17, 15) is 9.59 Å². The lowest BCUT2D eigenvalue weighted by molar-refractivity contribution is -0.184. The van der Waals surface area contributed by atoms with Gasteiger partial charge in [0.25, 0.3) is 0 Å². The number of fused-ring (bicyclic) bond motifs is 3. The van der Waals surface area contributed by atoms with E-state index in [1.54, 1.807) is 6.08 Å². The second kappa shape index (κ2) is 4.99. The van der Waals surface area contributed by atoms with E-state index < -0.39 is 11.0 Å². The van der Waals surface area contributed by atoms with E-state index in [0.29, 0.717) is 18.4 Å². The first-order valence-electron chi connectivity index (χ1n) is 9.43. The molecule has 0 aromatic rings. The number of ether oxygens (including phenoxy) is 2. The van der Waals surface area contributed by atoms with Gasteiger partial charge in [-0.1, -0.05) is 26.8 Å². The van der Waals surface area contributed by atoms with Gasteiger partial charge in [-0.05, 0) is 50.5 Å². The number of carbonyl (C=O) groups is 2. The van der Waals surface area contributed by atoms with Crippen molar-refractivity contribution in [3.05, 3.63) is 23.5 Å². The topological polar surface area (TPSA) is 52.6 Å². The van der Waals surface area contributed by atoms with Gasteiger partial charge in [-0.2, -0.15) is 0 Å². The number of hydrogen-bond acceptors (Lipinski definition) is 4. The Bertz CT molecular complexity index is 715. The van der Waals surface area contributed by atoms with Gasteiger partial charge in [0.2, 0.25) is 0 Å². The number of esters is 1. The zero-order chi connectivity index (χ0) is 18.2. The predicted octanol–water partition coefficient (Wildman–Crippen LogP) is 3.95. The van der Waals surface area contributed by atoms with Crippen LogP contribution in [0.5, 0.6) is 0 Å². The fraction of sp³-hybridized carbons (Fsp3) is 0.714. The Balaban J connectivity index is 1.81. The van der Waals surface area contributed by atoms with Crippen molar-refractivity contribution in [2.75, 3.05) is 0 Å². The SMILES string of the molecule is C[C@H]1CC2=C(C[C@@H]3[C@@]4(C)C(=O)C=CC(C)(C)[C@@H]4CC[C@]3(C)O2)C(=O)O1. The van der Waals surface area contributed by atoms with E-state index in [1.807, 2.05) is 6.92 Å². The van der Waals surface area contributed by atoms with Crippen LogP contribution in [0.1, 0.15) is 60.3 Å². The zero-order valence-electron chi connectivity index (χ0n) is 15.8.